The minimum Gasteiger partial charge on any atom is -0.481 e. The predicted molar refractivity (Wildman–Crippen MR) is 215 cm³/mol. The van der Waals surface area contributed by atoms with E-state index in [0.717, 1.165) is 30.6 Å². The number of fused-ring (bicyclic) bond motifs is 1. The molecule has 2 atom stereocenters. The molecule has 2 aromatic heterocycles. The molecule has 14 nitrogen and oxygen atoms in total. The second kappa shape index (κ2) is 22.2. The molecule has 1 amide bonds. The number of carbonyl (C=O) groups is 3. The zero-order valence-electron chi connectivity index (χ0n) is 34.6. The van der Waals surface area contributed by atoms with Gasteiger partial charge in [0.05, 0.1) is 60.4 Å². The molecule has 1 saturated heterocycles. The number of alkyl halides is 6. The lowest BCUT2D eigenvalue weighted by Gasteiger charge is -2.45. The number of aliphatic carboxylic acids is 2. The first kappa shape index (κ1) is 49.4. The SMILES string of the molecule is CC[C@]1(N)C[C@@H](c2ncc(N3CCOCC3)cc2Cc2cc(C(F)(F)F)cc(C(F)(F)F)c2)c2nc(OC)ccc2N1C(=O)O.O=C(O)CCCCCOCCCCCC(=O)O. The van der Waals surface area contributed by atoms with Crippen molar-refractivity contribution in [1.82, 2.24) is 9.97 Å². The number of amides is 1. The van der Waals surface area contributed by atoms with Crippen LogP contribution in [0, 0.1) is 0 Å². The van der Waals surface area contributed by atoms with Crippen LogP contribution in [-0.4, -0.2) is 95.6 Å². The van der Waals surface area contributed by atoms with Gasteiger partial charge in [-0.05, 0) is 86.4 Å². The molecule has 1 fully saturated rings. The normalized spacial score (nSPS) is 17.8. The number of unbranched alkanes of at least 4 members (excludes halogenated alkanes) is 4. The minimum absolute atomic E-state index is 0.0176. The van der Waals surface area contributed by atoms with Gasteiger partial charge >= 0.3 is 30.4 Å². The monoisotopic (exact) mass is 885 g/mol. The molecule has 0 spiro atoms. The van der Waals surface area contributed by atoms with Crippen LogP contribution in [0.3, 0.4) is 0 Å². The number of rotatable bonds is 18. The summed E-state index contributed by atoms with van der Waals surface area (Å²) in [6, 6.07) is 6.15. The van der Waals surface area contributed by atoms with Gasteiger partial charge in [0.2, 0.25) is 5.88 Å². The van der Waals surface area contributed by atoms with Crippen LogP contribution in [0.5, 0.6) is 5.88 Å². The van der Waals surface area contributed by atoms with E-state index in [4.69, 9.17) is 35.1 Å². The average Bonchev–Trinajstić information content (AvgIpc) is 3.21. The van der Waals surface area contributed by atoms with Crippen molar-refractivity contribution in [2.75, 3.05) is 56.4 Å². The Morgan fingerprint density at radius 3 is 1.94 bits per heavy atom. The molecule has 5 N–H and O–H groups in total. The molecule has 0 saturated carbocycles. The van der Waals surface area contributed by atoms with Gasteiger partial charge in [0, 0.05) is 51.1 Å². The van der Waals surface area contributed by atoms with Crippen molar-refractivity contribution in [1.29, 1.82) is 0 Å². The van der Waals surface area contributed by atoms with Crippen molar-refractivity contribution < 1.29 is 70.3 Å². The van der Waals surface area contributed by atoms with Crippen molar-refractivity contribution in [3.8, 4) is 5.88 Å². The predicted octanol–water partition coefficient (Wildman–Crippen LogP) is 8.33. The zero-order chi connectivity index (χ0) is 45.7. The first-order valence-electron chi connectivity index (χ1n) is 20.3. The Bertz CT molecular complexity index is 1930. The van der Waals surface area contributed by atoms with Gasteiger partial charge in [-0.15, -0.1) is 0 Å². The Hall–Kier alpha value is -5.21. The number of benzene rings is 1. The number of nitrogens with two attached hydrogens (primary N) is 1. The Balaban J connectivity index is 0.000000421. The summed E-state index contributed by atoms with van der Waals surface area (Å²) in [5.41, 5.74) is 3.85. The largest absolute Gasteiger partial charge is 0.481 e. The zero-order valence-corrected chi connectivity index (χ0v) is 34.6. The number of hydrogen-bond acceptors (Lipinski definition) is 10. The van der Waals surface area contributed by atoms with Crippen molar-refractivity contribution in [2.24, 2.45) is 5.73 Å². The van der Waals surface area contributed by atoms with E-state index in [1.54, 1.807) is 19.2 Å². The van der Waals surface area contributed by atoms with Gasteiger partial charge in [0.1, 0.15) is 5.66 Å². The quantitative estimate of drug-likeness (QED) is 0.0703. The fraction of sp³-hybridized carbons (Fsp3) is 0.548. The molecule has 1 aromatic carbocycles. The van der Waals surface area contributed by atoms with Crippen molar-refractivity contribution >= 4 is 29.4 Å². The highest BCUT2D eigenvalue weighted by Gasteiger charge is 2.47. The lowest BCUT2D eigenvalue weighted by molar-refractivity contribution is -0.143. The van der Waals surface area contributed by atoms with Gasteiger partial charge in [0.25, 0.3) is 0 Å². The Morgan fingerprint density at radius 1 is 0.855 bits per heavy atom. The number of ether oxygens (including phenoxy) is 3. The summed E-state index contributed by atoms with van der Waals surface area (Å²) in [5, 5.41) is 26.9. The van der Waals surface area contributed by atoms with E-state index < -0.39 is 53.1 Å². The number of methoxy groups -OCH3 is 1. The van der Waals surface area contributed by atoms with Crippen LogP contribution in [0.15, 0.2) is 42.6 Å². The van der Waals surface area contributed by atoms with Gasteiger partial charge in [0.15, 0.2) is 0 Å². The maximum Gasteiger partial charge on any atom is 0.416 e. The number of morpholine rings is 1. The van der Waals surface area contributed by atoms with Crippen molar-refractivity contribution in [3.63, 3.8) is 0 Å². The Kier molecular flexibility index (Phi) is 17.7. The topological polar surface area (TPSA) is 198 Å². The second-order valence-electron chi connectivity index (χ2n) is 15.0. The molecule has 0 bridgehead atoms. The van der Waals surface area contributed by atoms with Gasteiger partial charge in [-0.2, -0.15) is 26.3 Å². The molecule has 0 radical (unpaired) electrons. The maximum atomic E-state index is 13.7. The van der Waals surface area contributed by atoms with E-state index in [0.29, 0.717) is 81.4 Å². The number of pyridine rings is 2. The third-order valence-corrected chi connectivity index (χ3v) is 10.6. The third-order valence-electron chi connectivity index (χ3n) is 10.6. The van der Waals surface area contributed by atoms with E-state index in [1.807, 2.05) is 4.90 Å². The van der Waals surface area contributed by atoms with E-state index in [1.165, 1.54) is 19.2 Å². The lowest BCUT2D eigenvalue weighted by Crippen LogP contribution is -2.61. The summed E-state index contributed by atoms with van der Waals surface area (Å²) >= 11 is 0. The highest BCUT2D eigenvalue weighted by Crippen LogP contribution is 2.47. The molecule has 5 rings (SSSR count). The minimum atomic E-state index is -5.02. The van der Waals surface area contributed by atoms with E-state index >= 15 is 0 Å². The number of nitrogens with zero attached hydrogens (tertiary/aromatic N) is 4. The number of anilines is 2. The van der Waals surface area contributed by atoms with Crippen molar-refractivity contribution in [3.05, 3.63) is 76.2 Å². The fourth-order valence-corrected chi connectivity index (χ4v) is 7.33. The van der Waals surface area contributed by atoms with Crippen molar-refractivity contribution in [2.45, 2.75) is 101 Å². The van der Waals surface area contributed by atoms with Crippen LogP contribution in [0.2, 0.25) is 0 Å². The van der Waals surface area contributed by atoms with Gasteiger partial charge < -0.3 is 40.2 Å². The Labute approximate surface area is 355 Å². The summed E-state index contributed by atoms with van der Waals surface area (Å²) in [5.74, 6) is -2.10. The van der Waals surface area contributed by atoms with Gasteiger partial charge in [-0.1, -0.05) is 19.8 Å². The summed E-state index contributed by atoms with van der Waals surface area (Å²) < 4.78 is 98.4. The molecule has 20 heteroatoms. The van der Waals surface area contributed by atoms with E-state index in [-0.39, 0.29) is 61.0 Å². The number of hydrogen-bond donors (Lipinski definition) is 4. The molecular weight excluding hydrogens is 832 g/mol. The first-order chi connectivity index (χ1) is 29.3. The number of carboxylic acids is 2. The average molecular weight is 886 g/mol. The smallest absolute Gasteiger partial charge is 0.416 e. The van der Waals surface area contributed by atoms with Gasteiger partial charge in [-0.25, -0.2) is 9.78 Å². The highest BCUT2D eigenvalue weighted by molar-refractivity contribution is 5.89. The standard InChI is InChI=1S/C30H31F6N5O4.C12H22O5/c1-3-28(37)15-22(26-23(41(28)27(42)43)4-5-24(39-26)44-2)25-18(13-21(16-38-25)40-6-8-45-9-7-40)10-17-11-19(29(31,32)33)14-20(12-17)30(34,35)36;13-11(14)7-3-1-5-9-17-10-6-2-4-8-12(15)16/h4-5,11-14,16,22H,3,6-10,15,37H2,1-2H3,(H,42,43);1-10H2,(H,13,14)(H,15,16)/t22-,28+;/m0./s1. The molecular formula is C42H53F6N5O9. The summed E-state index contributed by atoms with van der Waals surface area (Å²) in [6.07, 6.45) is -4.53. The molecule has 2 aliphatic heterocycles. The molecule has 3 aromatic rings. The summed E-state index contributed by atoms with van der Waals surface area (Å²) in [7, 11) is 1.38. The summed E-state index contributed by atoms with van der Waals surface area (Å²) in [6.45, 7) is 4.90. The third kappa shape index (κ3) is 13.9. The molecule has 2 aliphatic rings. The van der Waals surface area contributed by atoms with E-state index in [2.05, 4.69) is 4.98 Å². The molecule has 342 valence electrons. The molecule has 0 unspecified atom stereocenters. The second-order valence-corrected chi connectivity index (χ2v) is 15.0. The Morgan fingerprint density at radius 2 is 1.44 bits per heavy atom. The van der Waals surface area contributed by atoms with E-state index in [9.17, 15) is 45.8 Å². The van der Waals surface area contributed by atoms with Crippen LogP contribution < -0.4 is 20.3 Å². The highest BCUT2D eigenvalue weighted by atomic mass is 19.4. The van der Waals surface area contributed by atoms with Crippen LogP contribution >= 0.6 is 0 Å². The fourth-order valence-electron chi connectivity index (χ4n) is 7.33. The lowest BCUT2D eigenvalue weighted by atomic mass is 9.80. The van der Waals surface area contributed by atoms with Crippen LogP contribution in [0.1, 0.15) is 111 Å². The number of halogens is 6. The molecule has 0 aliphatic carbocycles. The number of aromatic nitrogens is 2. The molecule has 4 heterocycles. The first-order valence-corrected chi connectivity index (χ1v) is 20.3. The maximum absolute atomic E-state index is 13.7. The van der Waals surface area contributed by atoms with Crippen LogP contribution in [-0.2, 0) is 37.8 Å². The van der Waals surface area contributed by atoms with Gasteiger partial charge in [-0.3, -0.25) is 19.5 Å². The molecule has 62 heavy (non-hydrogen) atoms. The van der Waals surface area contributed by atoms with Crippen LogP contribution in [0.4, 0.5) is 42.5 Å². The number of carboxylic acid groups (broad SMARTS) is 3. The summed E-state index contributed by atoms with van der Waals surface area (Å²) in [4.78, 5) is 45.1. The van der Waals surface area contributed by atoms with Crippen LogP contribution in [0.25, 0.3) is 0 Å².